The molecule has 130 valence electrons. The molecule has 0 saturated heterocycles. The minimum Gasteiger partial charge on any atom is -0.349 e. The molecular formula is C19H18Cl2N2O2. The minimum atomic E-state index is -0.206. The summed E-state index contributed by atoms with van der Waals surface area (Å²) < 4.78 is 0. The van der Waals surface area contributed by atoms with Crippen LogP contribution in [0.5, 0.6) is 0 Å². The predicted octanol–water partition coefficient (Wildman–Crippen LogP) is 4.46. The summed E-state index contributed by atoms with van der Waals surface area (Å²) >= 11 is 12.0. The summed E-state index contributed by atoms with van der Waals surface area (Å²) in [6.45, 7) is 0. The van der Waals surface area contributed by atoms with Gasteiger partial charge < -0.3 is 10.6 Å². The Labute approximate surface area is 156 Å². The molecule has 0 aliphatic heterocycles. The molecule has 2 aromatic rings. The lowest BCUT2D eigenvalue weighted by atomic mass is 10.1. The highest BCUT2D eigenvalue weighted by Crippen LogP contribution is 2.24. The Morgan fingerprint density at radius 1 is 1.08 bits per heavy atom. The molecule has 2 amide bonds. The number of anilines is 1. The van der Waals surface area contributed by atoms with Crippen molar-refractivity contribution in [1.82, 2.24) is 5.32 Å². The fourth-order valence-corrected chi connectivity index (χ4v) is 2.86. The summed E-state index contributed by atoms with van der Waals surface area (Å²) in [4.78, 5) is 24.3. The third kappa shape index (κ3) is 5.21. The third-order valence-corrected chi connectivity index (χ3v) is 4.50. The Bertz CT molecular complexity index is 804. The fraction of sp³-hybridized carbons (Fsp3) is 0.263. The molecule has 2 N–H and O–H groups in total. The van der Waals surface area contributed by atoms with E-state index in [0.717, 1.165) is 18.4 Å². The van der Waals surface area contributed by atoms with Gasteiger partial charge in [0.25, 0.3) is 5.91 Å². The molecule has 2 aromatic carbocycles. The summed E-state index contributed by atoms with van der Waals surface area (Å²) in [6.07, 6.45) is 2.92. The van der Waals surface area contributed by atoms with Crippen molar-refractivity contribution in [3.05, 3.63) is 63.6 Å². The van der Waals surface area contributed by atoms with Gasteiger partial charge in [-0.1, -0.05) is 35.3 Å². The molecule has 0 aromatic heterocycles. The first-order valence-corrected chi connectivity index (χ1v) is 8.91. The predicted molar refractivity (Wildman–Crippen MR) is 100 cm³/mol. The van der Waals surface area contributed by atoms with E-state index in [1.165, 1.54) is 0 Å². The zero-order valence-corrected chi connectivity index (χ0v) is 15.0. The van der Waals surface area contributed by atoms with Gasteiger partial charge in [-0.25, -0.2) is 0 Å². The van der Waals surface area contributed by atoms with Crippen LogP contribution in [0.3, 0.4) is 0 Å². The SMILES string of the molecule is O=C(CCc1cccc(Cl)c1)Nc1ccc(Cl)c(C(=O)NC2CC2)c1. The molecule has 25 heavy (non-hydrogen) atoms. The van der Waals surface area contributed by atoms with Gasteiger partial charge in [0.2, 0.25) is 5.91 Å². The van der Waals surface area contributed by atoms with Crippen LogP contribution in [0.25, 0.3) is 0 Å². The first-order valence-electron chi connectivity index (χ1n) is 8.16. The molecule has 0 heterocycles. The molecule has 0 unspecified atom stereocenters. The van der Waals surface area contributed by atoms with E-state index in [1.807, 2.05) is 18.2 Å². The molecule has 0 spiro atoms. The van der Waals surface area contributed by atoms with Crippen LogP contribution in [-0.4, -0.2) is 17.9 Å². The second-order valence-electron chi connectivity index (χ2n) is 6.12. The number of hydrogen-bond acceptors (Lipinski definition) is 2. The van der Waals surface area contributed by atoms with Crippen molar-refractivity contribution in [3.8, 4) is 0 Å². The first-order chi connectivity index (χ1) is 12.0. The standard InChI is InChI=1S/C19H18Cl2N2O2/c20-13-3-1-2-12(10-13)4-9-18(24)22-15-7-8-17(21)16(11-15)19(25)23-14-5-6-14/h1-3,7-8,10-11,14H,4-6,9H2,(H,22,24)(H,23,25). The molecule has 0 atom stereocenters. The smallest absolute Gasteiger partial charge is 0.253 e. The second-order valence-corrected chi connectivity index (χ2v) is 6.96. The van der Waals surface area contributed by atoms with Crippen LogP contribution in [0.4, 0.5) is 5.69 Å². The highest BCUT2D eigenvalue weighted by atomic mass is 35.5. The molecule has 1 saturated carbocycles. The molecule has 0 radical (unpaired) electrons. The monoisotopic (exact) mass is 376 g/mol. The number of rotatable bonds is 6. The van der Waals surface area contributed by atoms with Crippen LogP contribution in [0.2, 0.25) is 10.0 Å². The van der Waals surface area contributed by atoms with Crippen LogP contribution in [0.15, 0.2) is 42.5 Å². The van der Waals surface area contributed by atoms with Crippen molar-refractivity contribution in [2.24, 2.45) is 0 Å². The number of carbonyl (C=O) groups excluding carboxylic acids is 2. The van der Waals surface area contributed by atoms with Crippen molar-refractivity contribution in [2.75, 3.05) is 5.32 Å². The fourth-order valence-electron chi connectivity index (χ4n) is 2.44. The molecule has 1 fully saturated rings. The van der Waals surface area contributed by atoms with Gasteiger partial charge in [-0.05, 0) is 55.2 Å². The zero-order chi connectivity index (χ0) is 17.8. The number of halogens is 2. The van der Waals surface area contributed by atoms with Crippen LogP contribution in [-0.2, 0) is 11.2 Å². The van der Waals surface area contributed by atoms with Gasteiger partial charge in [0, 0.05) is 23.2 Å². The van der Waals surface area contributed by atoms with Gasteiger partial charge in [-0.15, -0.1) is 0 Å². The normalized spacial score (nSPS) is 13.4. The van der Waals surface area contributed by atoms with Crippen molar-refractivity contribution < 1.29 is 9.59 Å². The molecule has 1 aliphatic rings. The third-order valence-electron chi connectivity index (χ3n) is 3.94. The number of aryl methyl sites for hydroxylation is 1. The summed E-state index contributed by atoms with van der Waals surface area (Å²) in [5.74, 6) is -0.335. The van der Waals surface area contributed by atoms with Gasteiger partial charge >= 0.3 is 0 Å². The number of amides is 2. The molecule has 3 rings (SSSR count). The second kappa shape index (κ2) is 7.89. The molecule has 4 nitrogen and oxygen atoms in total. The summed E-state index contributed by atoms with van der Waals surface area (Å²) in [7, 11) is 0. The minimum absolute atomic E-state index is 0.129. The maximum atomic E-state index is 12.2. The van der Waals surface area contributed by atoms with Gasteiger partial charge in [0.05, 0.1) is 10.6 Å². The van der Waals surface area contributed by atoms with E-state index in [9.17, 15) is 9.59 Å². The Hall–Kier alpha value is -2.04. The lowest BCUT2D eigenvalue weighted by molar-refractivity contribution is -0.116. The topological polar surface area (TPSA) is 58.2 Å². The van der Waals surface area contributed by atoms with E-state index in [-0.39, 0.29) is 17.9 Å². The number of hydrogen-bond donors (Lipinski definition) is 2. The largest absolute Gasteiger partial charge is 0.349 e. The maximum absolute atomic E-state index is 12.2. The average molecular weight is 377 g/mol. The summed E-state index contributed by atoms with van der Waals surface area (Å²) in [5.41, 5.74) is 1.94. The van der Waals surface area contributed by atoms with Gasteiger partial charge in [0.1, 0.15) is 0 Å². The van der Waals surface area contributed by atoms with Crippen LogP contribution in [0, 0.1) is 0 Å². The van der Waals surface area contributed by atoms with Gasteiger partial charge in [0.15, 0.2) is 0 Å². The van der Waals surface area contributed by atoms with E-state index in [2.05, 4.69) is 10.6 Å². The molecule has 1 aliphatic carbocycles. The quantitative estimate of drug-likeness (QED) is 0.781. The van der Waals surface area contributed by atoms with Gasteiger partial charge in [-0.2, -0.15) is 0 Å². The Balaban J connectivity index is 1.59. The first kappa shape index (κ1) is 17.8. The van der Waals surface area contributed by atoms with Crippen molar-refractivity contribution in [3.63, 3.8) is 0 Å². The Kier molecular flexibility index (Phi) is 5.61. The number of nitrogens with one attached hydrogen (secondary N) is 2. The van der Waals surface area contributed by atoms with Crippen molar-refractivity contribution in [1.29, 1.82) is 0 Å². The lowest BCUT2D eigenvalue weighted by Gasteiger charge is -2.10. The molecule has 6 heteroatoms. The lowest BCUT2D eigenvalue weighted by Crippen LogP contribution is -2.25. The van der Waals surface area contributed by atoms with Crippen LogP contribution < -0.4 is 10.6 Å². The van der Waals surface area contributed by atoms with E-state index >= 15 is 0 Å². The van der Waals surface area contributed by atoms with Crippen LogP contribution in [0.1, 0.15) is 35.2 Å². The van der Waals surface area contributed by atoms with Crippen LogP contribution >= 0.6 is 23.2 Å². The number of carbonyl (C=O) groups is 2. The summed E-state index contributed by atoms with van der Waals surface area (Å²) in [5, 5.41) is 6.73. The zero-order valence-electron chi connectivity index (χ0n) is 13.5. The van der Waals surface area contributed by atoms with E-state index < -0.39 is 0 Å². The molecular weight excluding hydrogens is 359 g/mol. The summed E-state index contributed by atoms with van der Waals surface area (Å²) in [6, 6.07) is 12.6. The Morgan fingerprint density at radius 3 is 2.60 bits per heavy atom. The van der Waals surface area contributed by atoms with E-state index in [1.54, 1.807) is 24.3 Å². The number of benzene rings is 2. The van der Waals surface area contributed by atoms with E-state index in [4.69, 9.17) is 23.2 Å². The highest BCUT2D eigenvalue weighted by molar-refractivity contribution is 6.34. The maximum Gasteiger partial charge on any atom is 0.253 e. The Morgan fingerprint density at radius 2 is 1.88 bits per heavy atom. The van der Waals surface area contributed by atoms with Gasteiger partial charge in [-0.3, -0.25) is 9.59 Å². The average Bonchev–Trinajstić information content (AvgIpc) is 3.39. The highest BCUT2D eigenvalue weighted by Gasteiger charge is 2.24. The van der Waals surface area contributed by atoms with Crippen molar-refractivity contribution >= 4 is 40.7 Å². The molecule has 0 bridgehead atoms. The van der Waals surface area contributed by atoms with Crippen molar-refractivity contribution in [2.45, 2.75) is 31.7 Å². The van der Waals surface area contributed by atoms with E-state index in [0.29, 0.717) is 34.1 Å².